The molecular formula is C17H25ClFN3O3S. The molecule has 0 unspecified atom stereocenters. The highest BCUT2D eigenvalue weighted by molar-refractivity contribution is 7.93. The van der Waals surface area contributed by atoms with Crippen molar-refractivity contribution in [3.05, 3.63) is 24.0 Å². The van der Waals surface area contributed by atoms with Crippen molar-refractivity contribution in [1.29, 1.82) is 0 Å². The van der Waals surface area contributed by atoms with Gasteiger partial charge in [-0.2, -0.15) is 0 Å². The standard InChI is InChI=1S/C17H24FN3O3S.ClH/c18-15-4-3-14(12-16(15)21-10-1-11-25(21,23)24)20-17(22)5-2-13-6-8-19-9-7-13;/h3-4,12-13,19H,1-2,5-11H2,(H,20,22);1H. The quantitative estimate of drug-likeness (QED) is 0.788. The summed E-state index contributed by atoms with van der Waals surface area (Å²) < 4.78 is 39.1. The van der Waals surface area contributed by atoms with E-state index in [1.807, 2.05) is 0 Å². The molecule has 2 aliphatic rings. The van der Waals surface area contributed by atoms with E-state index in [1.54, 1.807) is 0 Å². The van der Waals surface area contributed by atoms with E-state index < -0.39 is 15.8 Å². The second-order valence-electron chi connectivity index (χ2n) is 6.69. The first-order valence-corrected chi connectivity index (χ1v) is 10.4. The average Bonchev–Trinajstić information content (AvgIpc) is 2.95. The van der Waals surface area contributed by atoms with Crippen molar-refractivity contribution in [2.75, 3.05) is 35.0 Å². The lowest BCUT2D eigenvalue weighted by Crippen LogP contribution is -2.28. The zero-order chi connectivity index (χ0) is 17.9. The van der Waals surface area contributed by atoms with Crippen LogP contribution in [0.2, 0.25) is 0 Å². The number of hydrogen-bond donors (Lipinski definition) is 2. The highest BCUT2D eigenvalue weighted by atomic mass is 35.5. The van der Waals surface area contributed by atoms with Crippen molar-refractivity contribution in [1.82, 2.24) is 5.32 Å². The van der Waals surface area contributed by atoms with Gasteiger partial charge in [0.2, 0.25) is 15.9 Å². The Bertz CT molecular complexity index is 739. The number of nitrogens with one attached hydrogen (secondary N) is 2. The summed E-state index contributed by atoms with van der Waals surface area (Å²) in [5.41, 5.74) is 0.433. The largest absolute Gasteiger partial charge is 0.326 e. The minimum Gasteiger partial charge on any atom is -0.326 e. The number of benzene rings is 1. The summed E-state index contributed by atoms with van der Waals surface area (Å²) >= 11 is 0. The Labute approximate surface area is 160 Å². The maximum absolute atomic E-state index is 14.1. The SMILES string of the molecule is Cl.O=C(CCC1CCNCC1)Nc1ccc(F)c(N2CCCS2(=O)=O)c1. The predicted octanol–water partition coefficient (Wildman–Crippen LogP) is 2.51. The molecule has 1 aromatic carbocycles. The van der Waals surface area contributed by atoms with E-state index in [0.717, 1.165) is 36.7 Å². The molecule has 3 rings (SSSR count). The van der Waals surface area contributed by atoms with E-state index in [2.05, 4.69) is 10.6 Å². The lowest BCUT2D eigenvalue weighted by molar-refractivity contribution is -0.116. The van der Waals surface area contributed by atoms with Crippen molar-refractivity contribution in [2.45, 2.75) is 32.1 Å². The fourth-order valence-corrected chi connectivity index (χ4v) is 4.98. The van der Waals surface area contributed by atoms with E-state index >= 15 is 0 Å². The summed E-state index contributed by atoms with van der Waals surface area (Å²) in [5.74, 6) is -0.136. The molecule has 1 aromatic rings. The van der Waals surface area contributed by atoms with Gasteiger partial charge in [0.05, 0.1) is 11.4 Å². The molecule has 0 aliphatic carbocycles. The molecule has 26 heavy (non-hydrogen) atoms. The number of nitrogens with zero attached hydrogens (tertiary/aromatic N) is 1. The van der Waals surface area contributed by atoms with Gasteiger partial charge in [0.25, 0.3) is 0 Å². The van der Waals surface area contributed by atoms with Gasteiger partial charge >= 0.3 is 0 Å². The Morgan fingerprint density at radius 2 is 2.04 bits per heavy atom. The van der Waals surface area contributed by atoms with Crippen molar-refractivity contribution in [2.24, 2.45) is 5.92 Å². The fraction of sp³-hybridized carbons (Fsp3) is 0.588. The Balaban J connectivity index is 0.00000243. The number of rotatable bonds is 5. The van der Waals surface area contributed by atoms with Crippen molar-refractivity contribution < 1.29 is 17.6 Å². The summed E-state index contributed by atoms with van der Waals surface area (Å²) in [5, 5.41) is 6.05. The number of carbonyl (C=O) groups excluding carboxylic acids is 1. The molecule has 0 saturated carbocycles. The van der Waals surface area contributed by atoms with Gasteiger partial charge in [0.15, 0.2) is 0 Å². The summed E-state index contributed by atoms with van der Waals surface area (Å²) in [4.78, 5) is 12.1. The van der Waals surface area contributed by atoms with Crippen LogP contribution in [0.5, 0.6) is 0 Å². The lowest BCUT2D eigenvalue weighted by atomic mass is 9.93. The van der Waals surface area contributed by atoms with E-state index in [9.17, 15) is 17.6 Å². The maximum atomic E-state index is 14.1. The fourth-order valence-electron chi connectivity index (χ4n) is 3.42. The maximum Gasteiger partial charge on any atom is 0.235 e. The highest BCUT2D eigenvalue weighted by Gasteiger charge is 2.30. The highest BCUT2D eigenvalue weighted by Crippen LogP contribution is 2.29. The van der Waals surface area contributed by atoms with Crippen LogP contribution in [-0.4, -0.2) is 39.7 Å². The number of hydrogen-bond acceptors (Lipinski definition) is 4. The van der Waals surface area contributed by atoms with E-state index in [0.29, 0.717) is 24.4 Å². The monoisotopic (exact) mass is 405 g/mol. The Hall–Kier alpha value is -1.38. The van der Waals surface area contributed by atoms with Crippen LogP contribution < -0.4 is 14.9 Å². The summed E-state index contributed by atoms with van der Waals surface area (Å²) in [7, 11) is -3.46. The van der Waals surface area contributed by atoms with Gasteiger partial charge in [0.1, 0.15) is 5.82 Å². The van der Waals surface area contributed by atoms with Crippen molar-refractivity contribution in [3.63, 3.8) is 0 Å². The molecule has 0 aromatic heterocycles. The first-order chi connectivity index (χ1) is 12.0. The first kappa shape index (κ1) is 20.9. The molecule has 0 atom stereocenters. The number of halogens is 2. The molecule has 1 amide bonds. The van der Waals surface area contributed by atoms with Gasteiger partial charge in [-0.25, -0.2) is 12.8 Å². The Morgan fingerprint density at radius 1 is 1.31 bits per heavy atom. The van der Waals surface area contributed by atoms with Crippen LogP contribution in [0.25, 0.3) is 0 Å². The molecule has 6 nitrogen and oxygen atoms in total. The van der Waals surface area contributed by atoms with Crippen LogP contribution >= 0.6 is 12.4 Å². The van der Waals surface area contributed by atoms with Crippen molar-refractivity contribution >= 4 is 39.7 Å². The number of anilines is 2. The predicted molar refractivity (Wildman–Crippen MR) is 103 cm³/mol. The second-order valence-corrected chi connectivity index (χ2v) is 8.70. The number of piperidine rings is 1. The Kier molecular flexibility index (Phi) is 7.25. The van der Waals surface area contributed by atoms with Gasteiger partial charge < -0.3 is 10.6 Å². The third-order valence-corrected chi connectivity index (χ3v) is 6.69. The molecule has 2 aliphatic heterocycles. The zero-order valence-electron chi connectivity index (χ0n) is 14.5. The number of amides is 1. The van der Waals surface area contributed by atoms with Crippen LogP contribution in [0.15, 0.2) is 18.2 Å². The normalized spacial score (nSPS) is 19.8. The molecular weight excluding hydrogens is 381 g/mol. The van der Waals surface area contributed by atoms with E-state index in [-0.39, 0.29) is 36.3 Å². The van der Waals surface area contributed by atoms with Crippen LogP contribution in [0.4, 0.5) is 15.8 Å². The molecule has 2 heterocycles. The first-order valence-electron chi connectivity index (χ1n) is 8.76. The summed E-state index contributed by atoms with van der Waals surface area (Å²) in [6.07, 6.45) is 3.90. The van der Waals surface area contributed by atoms with Crippen LogP contribution in [0, 0.1) is 11.7 Å². The molecule has 146 valence electrons. The van der Waals surface area contributed by atoms with Gasteiger partial charge in [-0.05, 0) is 62.9 Å². The van der Waals surface area contributed by atoms with Gasteiger partial charge in [-0.1, -0.05) is 0 Å². The summed E-state index contributed by atoms with van der Waals surface area (Å²) in [6.45, 7) is 2.27. The summed E-state index contributed by atoms with van der Waals surface area (Å²) in [6, 6.07) is 4.07. The van der Waals surface area contributed by atoms with Gasteiger partial charge in [0, 0.05) is 18.7 Å². The molecule has 2 saturated heterocycles. The molecule has 0 spiro atoms. The molecule has 2 fully saturated rings. The number of carbonyl (C=O) groups is 1. The minimum absolute atomic E-state index is 0. The zero-order valence-corrected chi connectivity index (χ0v) is 16.2. The molecule has 9 heteroatoms. The molecule has 2 N–H and O–H groups in total. The second kappa shape index (κ2) is 9.01. The van der Waals surface area contributed by atoms with Crippen LogP contribution in [0.3, 0.4) is 0 Å². The van der Waals surface area contributed by atoms with E-state index in [4.69, 9.17) is 0 Å². The average molecular weight is 406 g/mol. The molecule has 0 bridgehead atoms. The number of sulfonamides is 1. The Morgan fingerprint density at radius 3 is 2.69 bits per heavy atom. The van der Waals surface area contributed by atoms with Crippen LogP contribution in [-0.2, 0) is 14.8 Å². The molecule has 0 radical (unpaired) electrons. The smallest absolute Gasteiger partial charge is 0.235 e. The van der Waals surface area contributed by atoms with Crippen molar-refractivity contribution in [3.8, 4) is 0 Å². The minimum atomic E-state index is -3.46. The van der Waals surface area contributed by atoms with E-state index in [1.165, 1.54) is 18.2 Å². The third-order valence-electron chi connectivity index (χ3n) is 4.84. The lowest BCUT2D eigenvalue weighted by Gasteiger charge is -2.22. The van der Waals surface area contributed by atoms with Crippen LogP contribution in [0.1, 0.15) is 32.1 Å². The van der Waals surface area contributed by atoms with Gasteiger partial charge in [-0.15, -0.1) is 12.4 Å². The third kappa shape index (κ3) is 5.08. The topological polar surface area (TPSA) is 78.5 Å². The van der Waals surface area contributed by atoms with Gasteiger partial charge in [-0.3, -0.25) is 9.10 Å².